The summed E-state index contributed by atoms with van der Waals surface area (Å²) in [4.78, 5) is 17.0. The molecule has 0 unspecified atom stereocenters. The van der Waals surface area contributed by atoms with E-state index in [4.69, 9.17) is 4.74 Å². The quantitative estimate of drug-likeness (QED) is 0.743. The highest BCUT2D eigenvalue weighted by molar-refractivity contribution is 5.60. The highest BCUT2D eigenvalue weighted by atomic mass is 16.5. The van der Waals surface area contributed by atoms with Gasteiger partial charge in [-0.25, -0.2) is 19.9 Å². The zero-order valence-corrected chi connectivity index (χ0v) is 14.6. The summed E-state index contributed by atoms with van der Waals surface area (Å²) in [5.74, 6) is 2.68. The number of nitrogens with zero attached hydrogens (tertiary/aromatic N) is 4. The van der Waals surface area contributed by atoms with Gasteiger partial charge in [0.2, 0.25) is 0 Å². The van der Waals surface area contributed by atoms with E-state index in [0.29, 0.717) is 0 Å². The molecule has 2 heterocycles. The third-order valence-electron chi connectivity index (χ3n) is 4.00. The van der Waals surface area contributed by atoms with Crippen LogP contribution in [0.15, 0.2) is 49.1 Å². The predicted molar refractivity (Wildman–Crippen MR) is 97.7 cm³/mol. The number of aromatic nitrogens is 4. The van der Waals surface area contributed by atoms with E-state index < -0.39 is 0 Å². The summed E-state index contributed by atoms with van der Waals surface area (Å²) >= 11 is 0. The zero-order valence-electron chi connectivity index (χ0n) is 14.6. The minimum Gasteiger partial charge on any atom is -0.496 e. The van der Waals surface area contributed by atoms with Crippen molar-refractivity contribution in [1.29, 1.82) is 0 Å². The summed E-state index contributed by atoms with van der Waals surface area (Å²) in [5, 5.41) is 3.37. The van der Waals surface area contributed by atoms with Gasteiger partial charge in [-0.1, -0.05) is 25.1 Å². The van der Waals surface area contributed by atoms with E-state index in [1.165, 1.54) is 5.56 Å². The normalized spacial score (nSPS) is 11.8. The first-order valence-electron chi connectivity index (χ1n) is 8.15. The molecular formula is C19H21N5O. The second kappa shape index (κ2) is 7.70. The van der Waals surface area contributed by atoms with Gasteiger partial charge in [0.05, 0.1) is 12.8 Å². The zero-order chi connectivity index (χ0) is 17.6. The first-order chi connectivity index (χ1) is 12.2. The summed E-state index contributed by atoms with van der Waals surface area (Å²) in [5.41, 5.74) is 2.83. The van der Waals surface area contributed by atoms with Gasteiger partial charge in [-0.3, -0.25) is 0 Å². The van der Waals surface area contributed by atoms with Crippen molar-refractivity contribution in [2.24, 2.45) is 0 Å². The van der Waals surface area contributed by atoms with Crippen LogP contribution >= 0.6 is 0 Å². The van der Waals surface area contributed by atoms with Crippen molar-refractivity contribution in [3.63, 3.8) is 0 Å². The average Bonchev–Trinajstić information content (AvgIpc) is 2.67. The van der Waals surface area contributed by atoms with Crippen molar-refractivity contribution in [3.8, 4) is 17.0 Å². The van der Waals surface area contributed by atoms with Gasteiger partial charge in [0.15, 0.2) is 0 Å². The van der Waals surface area contributed by atoms with Gasteiger partial charge in [0.25, 0.3) is 0 Å². The lowest BCUT2D eigenvalue weighted by Gasteiger charge is -2.16. The van der Waals surface area contributed by atoms with E-state index in [0.717, 1.165) is 35.2 Å². The van der Waals surface area contributed by atoms with Crippen molar-refractivity contribution in [1.82, 2.24) is 19.9 Å². The molecule has 3 aromatic rings. The molecule has 0 aliphatic carbocycles. The molecule has 25 heavy (non-hydrogen) atoms. The van der Waals surface area contributed by atoms with Crippen molar-refractivity contribution in [3.05, 3.63) is 60.4 Å². The Kier molecular flexibility index (Phi) is 5.18. The molecule has 0 aliphatic heterocycles. The van der Waals surface area contributed by atoms with Crippen LogP contribution in [0.3, 0.4) is 0 Å². The van der Waals surface area contributed by atoms with Gasteiger partial charge in [-0.2, -0.15) is 0 Å². The largest absolute Gasteiger partial charge is 0.496 e. The number of rotatable bonds is 6. The Balaban J connectivity index is 1.71. The fourth-order valence-corrected chi connectivity index (χ4v) is 2.58. The lowest BCUT2D eigenvalue weighted by atomic mass is 10.00. The maximum Gasteiger partial charge on any atom is 0.129 e. The lowest BCUT2D eigenvalue weighted by molar-refractivity contribution is 0.407. The minimum atomic E-state index is 0.275. The molecule has 0 radical (unpaired) electrons. The first kappa shape index (κ1) is 16.8. The number of ether oxygens (including phenoxy) is 1. The molecule has 0 bridgehead atoms. The van der Waals surface area contributed by atoms with E-state index in [2.05, 4.69) is 38.2 Å². The third-order valence-corrected chi connectivity index (χ3v) is 4.00. The molecule has 0 amide bonds. The Labute approximate surface area is 147 Å². The molecule has 0 fully saturated rings. The number of hydrogen-bond acceptors (Lipinski definition) is 6. The van der Waals surface area contributed by atoms with Crippen molar-refractivity contribution >= 4 is 5.82 Å². The highest BCUT2D eigenvalue weighted by Gasteiger charge is 2.11. The van der Waals surface area contributed by atoms with E-state index in [1.807, 2.05) is 31.2 Å². The molecule has 1 atom stereocenters. The van der Waals surface area contributed by atoms with Crippen LogP contribution in [0.4, 0.5) is 5.82 Å². The Hall–Kier alpha value is -3.02. The molecular weight excluding hydrogens is 314 g/mol. The molecule has 1 N–H and O–H groups in total. The van der Waals surface area contributed by atoms with Gasteiger partial charge in [0, 0.05) is 36.5 Å². The van der Waals surface area contributed by atoms with Gasteiger partial charge >= 0.3 is 0 Å². The molecule has 0 saturated heterocycles. The molecule has 0 aliphatic rings. The number of benzene rings is 1. The number of para-hydroxylation sites is 1. The van der Waals surface area contributed by atoms with Crippen LogP contribution in [0.1, 0.15) is 24.2 Å². The molecule has 2 aromatic heterocycles. The van der Waals surface area contributed by atoms with Crippen molar-refractivity contribution < 1.29 is 4.74 Å². The Morgan fingerprint density at radius 2 is 1.84 bits per heavy atom. The predicted octanol–water partition coefficient (Wildman–Crippen LogP) is 3.47. The molecule has 1 aromatic carbocycles. The number of methoxy groups -OCH3 is 1. The van der Waals surface area contributed by atoms with Crippen molar-refractivity contribution in [2.45, 2.75) is 19.8 Å². The van der Waals surface area contributed by atoms with Gasteiger partial charge in [-0.15, -0.1) is 0 Å². The van der Waals surface area contributed by atoms with E-state index >= 15 is 0 Å². The van der Waals surface area contributed by atoms with Crippen LogP contribution in [0.25, 0.3) is 11.3 Å². The Bertz CT molecular complexity index is 835. The van der Waals surface area contributed by atoms with Crippen LogP contribution < -0.4 is 10.1 Å². The summed E-state index contributed by atoms with van der Waals surface area (Å²) in [6, 6.07) is 9.96. The lowest BCUT2D eigenvalue weighted by Crippen LogP contribution is -2.12. The van der Waals surface area contributed by atoms with E-state index in [-0.39, 0.29) is 5.92 Å². The fourth-order valence-electron chi connectivity index (χ4n) is 2.58. The SMILES string of the molecule is COc1ccccc1[C@H](C)CNc1cc(-c2cnc(C)nc2)ncn1. The van der Waals surface area contributed by atoms with Crippen LogP contribution in [0.2, 0.25) is 0 Å². The molecule has 0 spiro atoms. The first-order valence-corrected chi connectivity index (χ1v) is 8.15. The number of anilines is 1. The van der Waals surface area contributed by atoms with Crippen molar-refractivity contribution in [2.75, 3.05) is 19.0 Å². The molecule has 6 heteroatoms. The van der Waals surface area contributed by atoms with Crippen LogP contribution in [-0.2, 0) is 0 Å². The van der Waals surface area contributed by atoms with E-state index in [1.54, 1.807) is 25.8 Å². The average molecular weight is 335 g/mol. The van der Waals surface area contributed by atoms with Gasteiger partial charge < -0.3 is 10.1 Å². The Morgan fingerprint density at radius 3 is 2.60 bits per heavy atom. The molecule has 6 nitrogen and oxygen atoms in total. The summed E-state index contributed by atoms with van der Waals surface area (Å²) < 4.78 is 5.44. The van der Waals surface area contributed by atoms with Gasteiger partial charge in [-0.05, 0) is 18.6 Å². The maximum absolute atomic E-state index is 5.44. The monoisotopic (exact) mass is 335 g/mol. The maximum atomic E-state index is 5.44. The second-order valence-corrected chi connectivity index (χ2v) is 5.83. The fraction of sp³-hybridized carbons (Fsp3) is 0.263. The molecule has 0 saturated carbocycles. The van der Waals surface area contributed by atoms with Crippen LogP contribution in [-0.4, -0.2) is 33.6 Å². The number of hydrogen-bond donors (Lipinski definition) is 1. The second-order valence-electron chi connectivity index (χ2n) is 5.83. The minimum absolute atomic E-state index is 0.275. The van der Waals surface area contributed by atoms with Gasteiger partial charge in [0.1, 0.15) is 23.7 Å². The smallest absolute Gasteiger partial charge is 0.129 e. The molecule has 3 rings (SSSR count). The third kappa shape index (κ3) is 4.09. The Morgan fingerprint density at radius 1 is 1.08 bits per heavy atom. The summed E-state index contributed by atoms with van der Waals surface area (Å²) in [6.07, 6.45) is 5.09. The van der Waals surface area contributed by atoms with E-state index in [9.17, 15) is 0 Å². The number of nitrogens with one attached hydrogen (secondary N) is 1. The topological polar surface area (TPSA) is 72.8 Å². The summed E-state index contributed by atoms with van der Waals surface area (Å²) in [7, 11) is 1.69. The number of aryl methyl sites for hydroxylation is 1. The standard InChI is InChI=1S/C19H21N5O/c1-13(16-6-4-5-7-18(16)25-3)9-22-19-8-17(23-12-24-19)15-10-20-14(2)21-11-15/h4-8,10-13H,9H2,1-3H3,(H,22,23,24)/t13-/m1/s1. The molecule has 128 valence electrons. The highest BCUT2D eigenvalue weighted by Crippen LogP contribution is 2.26. The van der Waals surface area contributed by atoms with Crippen LogP contribution in [0.5, 0.6) is 5.75 Å². The van der Waals surface area contributed by atoms with Crippen LogP contribution in [0, 0.1) is 6.92 Å². The summed E-state index contributed by atoms with van der Waals surface area (Å²) in [6.45, 7) is 4.75.